The third-order valence-electron chi connectivity index (χ3n) is 10.8. The summed E-state index contributed by atoms with van der Waals surface area (Å²) >= 11 is 0. The molecule has 0 heterocycles. The first-order chi connectivity index (χ1) is 22.8. The molecule has 226 valence electrons. The fourth-order valence-electron chi connectivity index (χ4n) is 8.30. The van der Waals surface area contributed by atoms with E-state index in [1.165, 1.54) is 71.7 Å². The lowest BCUT2D eigenvalue weighted by Gasteiger charge is -2.28. The fraction of sp³-hybridized carbons (Fsp3) is 0.130. The zero-order valence-electron chi connectivity index (χ0n) is 27.4. The largest absolute Gasteiger partial charge is 0.310 e. The molecule has 0 atom stereocenters. The first-order valence-corrected chi connectivity index (χ1v) is 16.7. The Morgan fingerprint density at radius 1 is 0.404 bits per heavy atom. The molecule has 0 amide bonds. The Hall–Kier alpha value is -5.40. The summed E-state index contributed by atoms with van der Waals surface area (Å²) in [5.41, 5.74) is 14.1. The van der Waals surface area contributed by atoms with Gasteiger partial charge in [0, 0.05) is 27.9 Å². The summed E-state index contributed by atoms with van der Waals surface area (Å²) in [4.78, 5) is 2.35. The van der Waals surface area contributed by atoms with E-state index in [0.29, 0.717) is 0 Å². The van der Waals surface area contributed by atoms with E-state index in [9.17, 15) is 0 Å². The van der Waals surface area contributed by atoms with Crippen LogP contribution in [-0.4, -0.2) is 0 Å². The summed E-state index contributed by atoms with van der Waals surface area (Å²) in [5.74, 6) is 0. The highest BCUT2D eigenvalue weighted by molar-refractivity contribution is 6.15. The maximum Gasteiger partial charge on any atom is 0.0465 e. The smallest absolute Gasteiger partial charge is 0.0465 e. The number of benzene rings is 7. The lowest BCUT2D eigenvalue weighted by molar-refractivity contribution is 0.660. The van der Waals surface area contributed by atoms with Gasteiger partial charge in [-0.05, 0) is 109 Å². The lowest BCUT2D eigenvalue weighted by Crippen LogP contribution is -2.16. The summed E-state index contributed by atoms with van der Waals surface area (Å²) in [6.45, 7) is 9.48. The Balaban J connectivity index is 1.08. The molecule has 0 spiro atoms. The molecule has 0 fully saturated rings. The van der Waals surface area contributed by atoms with Crippen LogP contribution in [0, 0.1) is 0 Å². The highest BCUT2D eigenvalue weighted by Gasteiger charge is 2.36. The van der Waals surface area contributed by atoms with Gasteiger partial charge in [-0.25, -0.2) is 0 Å². The van der Waals surface area contributed by atoms with E-state index in [-0.39, 0.29) is 10.8 Å². The molecular weight excluding hydrogens is 567 g/mol. The van der Waals surface area contributed by atoms with Crippen molar-refractivity contribution in [3.05, 3.63) is 173 Å². The highest BCUT2D eigenvalue weighted by atomic mass is 15.1. The molecule has 7 aromatic rings. The standard InChI is InChI=1S/C46H37N/c1-45(2)39-17-11-12-32-21-22-33-26-31(28-42(45)44(33)43(32)39)19-18-30-20-24-37-38-25-23-36(29-41(38)46(3,4)40(37)27-30)47(34-13-7-5-8-14-34)35-15-9-6-10-16-35/h5-29H,1-4H3. The molecular formula is C46H37N. The van der Waals surface area contributed by atoms with Crippen molar-refractivity contribution in [2.24, 2.45) is 0 Å². The van der Waals surface area contributed by atoms with Crippen LogP contribution in [-0.2, 0) is 10.8 Å². The Bertz CT molecular complexity index is 2350. The number of hydrogen-bond acceptors (Lipinski definition) is 1. The Morgan fingerprint density at radius 3 is 1.70 bits per heavy atom. The third kappa shape index (κ3) is 4.16. The summed E-state index contributed by atoms with van der Waals surface area (Å²) in [6, 6.07) is 51.4. The fourth-order valence-corrected chi connectivity index (χ4v) is 8.30. The predicted molar refractivity (Wildman–Crippen MR) is 201 cm³/mol. The number of nitrogens with zero attached hydrogens (tertiary/aromatic N) is 1. The highest BCUT2D eigenvalue weighted by Crippen LogP contribution is 2.52. The van der Waals surface area contributed by atoms with Crippen LogP contribution in [0.15, 0.2) is 140 Å². The average molecular weight is 604 g/mol. The molecule has 9 rings (SSSR count). The monoisotopic (exact) mass is 603 g/mol. The van der Waals surface area contributed by atoms with Crippen molar-refractivity contribution < 1.29 is 0 Å². The molecule has 0 N–H and O–H groups in total. The van der Waals surface area contributed by atoms with Gasteiger partial charge in [0.2, 0.25) is 0 Å². The zero-order valence-corrected chi connectivity index (χ0v) is 27.4. The van der Waals surface area contributed by atoms with Gasteiger partial charge in [-0.1, -0.05) is 137 Å². The van der Waals surface area contributed by atoms with Gasteiger partial charge < -0.3 is 4.90 Å². The van der Waals surface area contributed by atoms with Gasteiger partial charge in [-0.3, -0.25) is 0 Å². The molecule has 0 aromatic heterocycles. The minimum absolute atomic E-state index is 0.00980. The van der Waals surface area contributed by atoms with Crippen LogP contribution in [0.25, 0.3) is 44.8 Å². The second kappa shape index (κ2) is 10.0. The molecule has 0 saturated carbocycles. The van der Waals surface area contributed by atoms with Crippen LogP contribution >= 0.6 is 0 Å². The summed E-state index contributed by atoms with van der Waals surface area (Å²) in [5, 5.41) is 5.52. The normalized spacial score (nSPS) is 15.1. The molecule has 1 nitrogen and oxygen atoms in total. The van der Waals surface area contributed by atoms with E-state index >= 15 is 0 Å². The molecule has 0 radical (unpaired) electrons. The maximum absolute atomic E-state index is 2.41. The van der Waals surface area contributed by atoms with Gasteiger partial charge in [0.1, 0.15) is 0 Å². The zero-order chi connectivity index (χ0) is 31.9. The molecule has 0 unspecified atom stereocenters. The molecule has 7 aromatic carbocycles. The van der Waals surface area contributed by atoms with Gasteiger partial charge in [-0.15, -0.1) is 0 Å². The lowest BCUT2D eigenvalue weighted by atomic mass is 9.81. The average Bonchev–Trinajstić information content (AvgIpc) is 3.47. The molecule has 47 heavy (non-hydrogen) atoms. The van der Waals surface area contributed by atoms with Gasteiger partial charge in [0.25, 0.3) is 0 Å². The predicted octanol–water partition coefficient (Wildman–Crippen LogP) is 12.6. The minimum atomic E-state index is -0.125. The van der Waals surface area contributed by atoms with Crippen LogP contribution in [0.2, 0.25) is 0 Å². The maximum atomic E-state index is 2.41. The van der Waals surface area contributed by atoms with Crippen molar-refractivity contribution in [2.45, 2.75) is 38.5 Å². The summed E-state index contributed by atoms with van der Waals surface area (Å²) in [6.07, 6.45) is 4.59. The van der Waals surface area contributed by atoms with Crippen molar-refractivity contribution in [3.8, 4) is 11.1 Å². The number of fused-ring (bicyclic) bond motifs is 3. The van der Waals surface area contributed by atoms with Crippen molar-refractivity contribution in [1.29, 1.82) is 0 Å². The van der Waals surface area contributed by atoms with E-state index in [1.807, 2.05) is 0 Å². The number of para-hydroxylation sites is 2. The molecule has 0 aliphatic heterocycles. The van der Waals surface area contributed by atoms with Crippen LogP contribution in [0.4, 0.5) is 17.1 Å². The topological polar surface area (TPSA) is 3.24 Å². The molecule has 2 aliphatic rings. The minimum Gasteiger partial charge on any atom is -0.310 e. The third-order valence-corrected chi connectivity index (χ3v) is 10.8. The number of hydrogen-bond donors (Lipinski definition) is 0. The Labute approximate surface area is 277 Å². The summed E-state index contributed by atoms with van der Waals surface area (Å²) in [7, 11) is 0. The Morgan fingerprint density at radius 2 is 0.979 bits per heavy atom. The quantitative estimate of drug-likeness (QED) is 0.140. The van der Waals surface area contributed by atoms with Crippen LogP contribution in [0.3, 0.4) is 0 Å². The van der Waals surface area contributed by atoms with Gasteiger partial charge >= 0.3 is 0 Å². The van der Waals surface area contributed by atoms with Crippen LogP contribution in [0.5, 0.6) is 0 Å². The molecule has 0 bridgehead atoms. The molecule has 1 heteroatoms. The van der Waals surface area contributed by atoms with Gasteiger partial charge in [-0.2, -0.15) is 0 Å². The van der Waals surface area contributed by atoms with Gasteiger partial charge in [0.05, 0.1) is 0 Å². The van der Waals surface area contributed by atoms with Gasteiger partial charge in [0.15, 0.2) is 0 Å². The van der Waals surface area contributed by atoms with E-state index < -0.39 is 0 Å². The second-order valence-corrected chi connectivity index (χ2v) is 14.3. The van der Waals surface area contributed by atoms with E-state index in [2.05, 4.69) is 184 Å². The van der Waals surface area contributed by atoms with Crippen LogP contribution in [0.1, 0.15) is 61.1 Å². The number of anilines is 3. The first-order valence-electron chi connectivity index (χ1n) is 16.7. The summed E-state index contributed by atoms with van der Waals surface area (Å²) < 4.78 is 0. The van der Waals surface area contributed by atoms with Crippen LogP contribution < -0.4 is 4.90 Å². The Kier molecular flexibility index (Phi) is 5.96. The van der Waals surface area contributed by atoms with Crippen molar-refractivity contribution in [2.75, 3.05) is 4.90 Å². The van der Waals surface area contributed by atoms with E-state index in [0.717, 1.165) is 11.4 Å². The van der Waals surface area contributed by atoms with Crippen molar-refractivity contribution in [3.63, 3.8) is 0 Å². The van der Waals surface area contributed by atoms with E-state index in [1.54, 1.807) is 0 Å². The first kappa shape index (κ1) is 27.9. The second-order valence-electron chi connectivity index (χ2n) is 14.3. The van der Waals surface area contributed by atoms with E-state index in [4.69, 9.17) is 0 Å². The number of rotatable bonds is 5. The molecule has 2 aliphatic carbocycles. The van der Waals surface area contributed by atoms with Crippen molar-refractivity contribution >= 4 is 50.8 Å². The SMILES string of the molecule is CC1(C)c2cc(C=Cc3cc4c5c(ccc6cccc(c65)C4(C)C)c3)ccc2-c2ccc(N(c3ccccc3)c3ccccc3)cc21. The van der Waals surface area contributed by atoms with Crippen molar-refractivity contribution in [1.82, 2.24) is 0 Å². The molecule has 0 saturated heterocycles.